The first-order valence-electron chi connectivity index (χ1n) is 7.75. The van der Waals surface area contributed by atoms with E-state index in [1.807, 2.05) is 18.2 Å². The molecule has 0 radical (unpaired) electrons. The number of aliphatic hydroxyl groups is 1. The fraction of sp³-hybridized carbons (Fsp3) is 0.647. The molecule has 1 aromatic carbocycles. The first kappa shape index (κ1) is 14.6. The summed E-state index contributed by atoms with van der Waals surface area (Å²) in [7, 11) is 0. The topological polar surface area (TPSA) is 29.5 Å². The molecule has 2 nitrogen and oxygen atoms in total. The Bertz CT molecular complexity index is 454. The monoisotopic (exact) mass is 338 g/mol. The maximum absolute atomic E-state index is 9.74. The van der Waals surface area contributed by atoms with Crippen molar-refractivity contribution in [3.05, 3.63) is 34.3 Å². The highest BCUT2D eigenvalue weighted by Gasteiger charge is 2.42. The van der Waals surface area contributed by atoms with E-state index in [0.717, 1.165) is 17.3 Å². The van der Waals surface area contributed by atoms with Gasteiger partial charge in [-0.15, -0.1) is 0 Å². The Balaban J connectivity index is 1.66. The summed E-state index contributed by atoms with van der Waals surface area (Å²) < 4.78 is 7.47. The van der Waals surface area contributed by atoms with Crippen LogP contribution < -0.4 is 0 Å². The first-order valence-corrected chi connectivity index (χ1v) is 8.55. The molecule has 1 saturated carbocycles. The fourth-order valence-electron chi connectivity index (χ4n) is 3.87. The average molecular weight is 339 g/mol. The Morgan fingerprint density at radius 2 is 2.00 bits per heavy atom. The highest BCUT2D eigenvalue weighted by molar-refractivity contribution is 9.10. The van der Waals surface area contributed by atoms with Gasteiger partial charge in [-0.2, -0.15) is 0 Å². The van der Waals surface area contributed by atoms with E-state index in [4.69, 9.17) is 4.74 Å². The molecule has 3 heteroatoms. The van der Waals surface area contributed by atoms with Crippen molar-refractivity contribution in [2.75, 3.05) is 6.61 Å². The lowest BCUT2D eigenvalue weighted by atomic mass is 9.92. The molecular weight excluding hydrogens is 316 g/mol. The van der Waals surface area contributed by atoms with Gasteiger partial charge in [0.2, 0.25) is 0 Å². The maximum atomic E-state index is 9.74. The van der Waals surface area contributed by atoms with Crippen LogP contribution in [0, 0.1) is 0 Å². The van der Waals surface area contributed by atoms with Crippen molar-refractivity contribution < 1.29 is 9.84 Å². The number of hydrogen-bond acceptors (Lipinski definition) is 2. The quantitative estimate of drug-likeness (QED) is 0.881. The van der Waals surface area contributed by atoms with E-state index in [2.05, 4.69) is 22.0 Å². The molecule has 1 aliphatic carbocycles. The predicted octanol–water partition coefficient (Wildman–Crippen LogP) is 4.41. The van der Waals surface area contributed by atoms with Crippen molar-refractivity contribution in [1.82, 2.24) is 0 Å². The molecule has 2 fully saturated rings. The molecule has 1 aliphatic heterocycles. The molecule has 1 aromatic rings. The van der Waals surface area contributed by atoms with Gasteiger partial charge in [0, 0.05) is 10.4 Å². The summed E-state index contributed by atoms with van der Waals surface area (Å²) in [6.45, 7) is 0.190. The third-order valence-electron chi connectivity index (χ3n) is 4.97. The minimum absolute atomic E-state index is 0.173. The van der Waals surface area contributed by atoms with Gasteiger partial charge in [0.1, 0.15) is 0 Å². The number of aliphatic hydroxyl groups excluding tert-OH is 1. The van der Waals surface area contributed by atoms with Gasteiger partial charge in [0.15, 0.2) is 0 Å². The second-order valence-corrected chi connectivity index (χ2v) is 7.16. The zero-order valence-corrected chi connectivity index (χ0v) is 13.4. The smallest absolute Gasteiger partial charge is 0.0687 e. The minimum Gasteiger partial charge on any atom is -0.396 e. The van der Waals surface area contributed by atoms with Crippen molar-refractivity contribution >= 4 is 15.9 Å². The largest absolute Gasteiger partial charge is 0.396 e. The number of halogens is 1. The number of rotatable bonds is 4. The molecule has 0 bridgehead atoms. The normalized spacial score (nSPS) is 26.2. The zero-order chi connectivity index (χ0) is 14.0. The van der Waals surface area contributed by atoms with Crippen LogP contribution in [-0.4, -0.2) is 23.4 Å². The fourth-order valence-corrected chi connectivity index (χ4v) is 4.48. The SMILES string of the molecule is OCC(CC1CCC2(CCCC2)O1)c1ccccc1Br. The molecule has 2 unspecified atom stereocenters. The van der Waals surface area contributed by atoms with Crippen LogP contribution in [0.2, 0.25) is 0 Å². The Kier molecular flexibility index (Phi) is 4.49. The Morgan fingerprint density at radius 3 is 2.70 bits per heavy atom. The standard InChI is InChI=1S/C17H23BrO2/c18-16-6-2-1-5-15(16)13(12-19)11-14-7-10-17(20-14)8-3-4-9-17/h1-2,5-6,13-14,19H,3-4,7-12H2. The predicted molar refractivity (Wildman–Crippen MR) is 83.9 cm³/mol. The van der Waals surface area contributed by atoms with Crippen LogP contribution in [0.1, 0.15) is 56.4 Å². The molecule has 2 aliphatic rings. The molecule has 1 N–H and O–H groups in total. The number of benzene rings is 1. The maximum Gasteiger partial charge on any atom is 0.0687 e. The molecule has 1 spiro atoms. The summed E-state index contributed by atoms with van der Waals surface area (Å²) in [5, 5.41) is 9.74. The Labute approximate surface area is 129 Å². The third-order valence-corrected chi connectivity index (χ3v) is 5.69. The molecule has 2 atom stereocenters. The van der Waals surface area contributed by atoms with E-state index in [-0.39, 0.29) is 18.1 Å². The van der Waals surface area contributed by atoms with Crippen LogP contribution in [0.25, 0.3) is 0 Å². The highest BCUT2D eigenvalue weighted by atomic mass is 79.9. The van der Waals surface area contributed by atoms with Crippen molar-refractivity contribution in [2.45, 2.75) is 62.6 Å². The van der Waals surface area contributed by atoms with E-state index in [1.165, 1.54) is 37.7 Å². The van der Waals surface area contributed by atoms with Gasteiger partial charge in [-0.3, -0.25) is 0 Å². The summed E-state index contributed by atoms with van der Waals surface area (Å²) >= 11 is 3.59. The number of hydrogen-bond donors (Lipinski definition) is 1. The molecule has 20 heavy (non-hydrogen) atoms. The molecular formula is C17H23BrO2. The van der Waals surface area contributed by atoms with Gasteiger partial charge < -0.3 is 9.84 Å². The Morgan fingerprint density at radius 1 is 1.25 bits per heavy atom. The molecule has 0 amide bonds. The van der Waals surface area contributed by atoms with Crippen LogP contribution in [0.3, 0.4) is 0 Å². The van der Waals surface area contributed by atoms with Gasteiger partial charge in [-0.1, -0.05) is 47.0 Å². The first-order chi connectivity index (χ1) is 9.72. The number of ether oxygens (including phenoxy) is 1. The molecule has 3 rings (SSSR count). The van der Waals surface area contributed by atoms with Gasteiger partial charge >= 0.3 is 0 Å². The lowest BCUT2D eigenvalue weighted by Crippen LogP contribution is -2.26. The van der Waals surface area contributed by atoms with Crippen molar-refractivity contribution in [2.24, 2.45) is 0 Å². The van der Waals surface area contributed by atoms with E-state index in [0.29, 0.717) is 6.10 Å². The Hall–Kier alpha value is -0.380. The molecule has 1 heterocycles. The third kappa shape index (κ3) is 2.95. The van der Waals surface area contributed by atoms with Crippen molar-refractivity contribution in [1.29, 1.82) is 0 Å². The summed E-state index contributed by atoms with van der Waals surface area (Å²) in [6.07, 6.45) is 8.73. The van der Waals surface area contributed by atoms with Crippen molar-refractivity contribution in [3.63, 3.8) is 0 Å². The lowest BCUT2D eigenvalue weighted by molar-refractivity contribution is -0.0427. The van der Waals surface area contributed by atoms with E-state index < -0.39 is 0 Å². The summed E-state index contributed by atoms with van der Waals surface area (Å²) in [6, 6.07) is 8.20. The zero-order valence-electron chi connectivity index (χ0n) is 11.9. The van der Waals surface area contributed by atoms with Crippen LogP contribution in [-0.2, 0) is 4.74 Å². The van der Waals surface area contributed by atoms with Crippen LogP contribution in [0.4, 0.5) is 0 Å². The minimum atomic E-state index is 0.173. The molecule has 110 valence electrons. The lowest BCUT2D eigenvalue weighted by Gasteiger charge is -2.26. The molecule has 0 aromatic heterocycles. The van der Waals surface area contributed by atoms with Gasteiger partial charge in [-0.25, -0.2) is 0 Å². The second kappa shape index (κ2) is 6.17. The average Bonchev–Trinajstić information content (AvgIpc) is 3.08. The molecule has 1 saturated heterocycles. The van der Waals surface area contributed by atoms with E-state index >= 15 is 0 Å². The summed E-state index contributed by atoms with van der Waals surface area (Å²) in [4.78, 5) is 0. The highest BCUT2D eigenvalue weighted by Crippen LogP contribution is 2.45. The van der Waals surface area contributed by atoms with E-state index in [1.54, 1.807) is 0 Å². The van der Waals surface area contributed by atoms with Crippen molar-refractivity contribution in [3.8, 4) is 0 Å². The van der Waals surface area contributed by atoms with Gasteiger partial charge in [-0.05, 0) is 43.7 Å². The summed E-state index contributed by atoms with van der Waals surface area (Å²) in [5.74, 6) is 0.173. The van der Waals surface area contributed by atoms with Crippen LogP contribution in [0.15, 0.2) is 28.7 Å². The second-order valence-electron chi connectivity index (χ2n) is 6.31. The van der Waals surface area contributed by atoms with E-state index in [9.17, 15) is 5.11 Å². The van der Waals surface area contributed by atoms with Gasteiger partial charge in [0.25, 0.3) is 0 Å². The van der Waals surface area contributed by atoms with Gasteiger partial charge in [0.05, 0.1) is 18.3 Å². The summed E-state index contributed by atoms with van der Waals surface area (Å²) in [5.41, 5.74) is 1.39. The van der Waals surface area contributed by atoms with Crippen LogP contribution >= 0.6 is 15.9 Å². The van der Waals surface area contributed by atoms with Crippen LogP contribution in [0.5, 0.6) is 0 Å².